The number of amides is 2. The van der Waals surface area contributed by atoms with Gasteiger partial charge in [0.15, 0.2) is 0 Å². The lowest BCUT2D eigenvalue weighted by Gasteiger charge is -2.38. The highest BCUT2D eigenvalue weighted by Gasteiger charge is 2.33. The Bertz CT molecular complexity index is 734. The van der Waals surface area contributed by atoms with Gasteiger partial charge in [-0.05, 0) is 42.7 Å². The molecule has 1 saturated carbocycles. The summed E-state index contributed by atoms with van der Waals surface area (Å²) in [5.41, 5.74) is 2.02. The molecule has 2 aromatic rings. The van der Waals surface area contributed by atoms with Gasteiger partial charge in [-0.25, -0.2) is 9.18 Å². The number of urea groups is 1. The first kappa shape index (κ1) is 16.2. The highest BCUT2D eigenvalue weighted by Crippen LogP contribution is 2.32. The summed E-state index contributed by atoms with van der Waals surface area (Å²) in [4.78, 5) is 14.9. The first-order chi connectivity index (χ1) is 12.2. The van der Waals surface area contributed by atoms with Crippen molar-refractivity contribution in [2.45, 2.75) is 50.7 Å². The van der Waals surface area contributed by atoms with Gasteiger partial charge >= 0.3 is 6.03 Å². The Balaban J connectivity index is 1.61. The quantitative estimate of drug-likeness (QED) is 0.878. The maximum Gasteiger partial charge on any atom is 0.318 e. The molecule has 1 aliphatic carbocycles. The molecule has 4 rings (SSSR count). The predicted octanol–water partition coefficient (Wildman–Crippen LogP) is 4.07. The smallest absolute Gasteiger partial charge is 0.318 e. The SMILES string of the molecule is O=C(NC1CCCCC1)N1CCn2cccc2[C@H]1c1ccc(F)cc1. The van der Waals surface area contributed by atoms with Crippen molar-refractivity contribution in [1.82, 2.24) is 14.8 Å². The molecule has 0 saturated heterocycles. The second-order valence-electron chi connectivity index (χ2n) is 7.06. The number of hydrogen-bond donors (Lipinski definition) is 1. The summed E-state index contributed by atoms with van der Waals surface area (Å²) in [5.74, 6) is -0.256. The molecule has 4 nitrogen and oxygen atoms in total. The van der Waals surface area contributed by atoms with Gasteiger partial charge in [0.25, 0.3) is 0 Å². The summed E-state index contributed by atoms with van der Waals surface area (Å²) in [5, 5.41) is 3.23. The molecule has 5 heteroatoms. The van der Waals surface area contributed by atoms with E-state index in [9.17, 15) is 9.18 Å². The number of hydrogen-bond acceptors (Lipinski definition) is 1. The lowest BCUT2D eigenvalue weighted by atomic mass is 9.95. The van der Waals surface area contributed by atoms with E-state index in [2.05, 4.69) is 9.88 Å². The number of halogens is 1. The normalized spacial score (nSPS) is 21.0. The zero-order valence-corrected chi connectivity index (χ0v) is 14.3. The largest absolute Gasteiger partial charge is 0.348 e. The molecule has 0 unspecified atom stereocenters. The first-order valence-electron chi connectivity index (χ1n) is 9.20. The van der Waals surface area contributed by atoms with Crippen molar-refractivity contribution in [1.29, 1.82) is 0 Å². The molecule has 1 aromatic heterocycles. The summed E-state index contributed by atoms with van der Waals surface area (Å²) < 4.78 is 15.5. The van der Waals surface area contributed by atoms with Gasteiger partial charge in [0.05, 0.1) is 6.04 Å². The molecular weight excluding hydrogens is 317 g/mol. The van der Waals surface area contributed by atoms with E-state index in [1.54, 1.807) is 12.1 Å². The van der Waals surface area contributed by atoms with Crippen LogP contribution in [0.3, 0.4) is 0 Å². The minimum atomic E-state index is -0.256. The highest BCUT2D eigenvalue weighted by molar-refractivity contribution is 5.76. The van der Waals surface area contributed by atoms with E-state index in [1.807, 2.05) is 23.2 Å². The van der Waals surface area contributed by atoms with Crippen LogP contribution in [0.15, 0.2) is 42.6 Å². The van der Waals surface area contributed by atoms with E-state index >= 15 is 0 Å². The van der Waals surface area contributed by atoms with Gasteiger partial charge in [-0.15, -0.1) is 0 Å². The Morgan fingerprint density at radius 3 is 2.56 bits per heavy atom. The van der Waals surface area contributed by atoms with Gasteiger partial charge in [0.2, 0.25) is 0 Å². The van der Waals surface area contributed by atoms with Crippen LogP contribution in [-0.2, 0) is 6.54 Å². The number of carbonyl (C=O) groups is 1. The van der Waals surface area contributed by atoms with Crippen LogP contribution in [-0.4, -0.2) is 28.1 Å². The number of aromatic nitrogens is 1. The van der Waals surface area contributed by atoms with Crippen molar-refractivity contribution in [2.75, 3.05) is 6.54 Å². The fraction of sp³-hybridized carbons (Fsp3) is 0.450. The summed E-state index contributed by atoms with van der Waals surface area (Å²) >= 11 is 0. The topological polar surface area (TPSA) is 37.3 Å². The average molecular weight is 341 g/mol. The van der Waals surface area contributed by atoms with Crippen LogP contribution in [0, 0.1) is 5.82 Å². The Labute approximate surface area is 147 Å². The molecule has 1 aromatic carbocycles. The van der Waals surface area contributed by atoms with Crippen LogP contribution in [0.5, 0.6) is 0 Å². The molecule has 132 valence electrons. The van der Waals surface area contributed by atoms with Crippen molar-refractivity contribution in [3.63, 3.8) is 0 Å². The van der Waals surface area contributed by atoms with E-state index in [-0.39, 0.29) is 23.9 Å². The number of fused-ring (bicyclic) bond motifs is 1. The number of nitrogens with zero attached hydrogens (tertiary/aromatic N) is 2. The molecule has 1 atom stereocenters. The summed E-state index contributed by atoms with van der Waals surface area (Å²) in [6.45, 7) is 1.44. The van der Waals surface area contributed by atoms with Crippen molar-refractivity contribution in [3.05, 3.63) is 59.7 Å². The van der Waals surface area contributed by atoms with Crippen molar-refractivity contribution >= 4 is 6.03 Å². The molecular formula is C20H24FN3O. The molecule has 1 fully saturated rings. The van der Waals surface area contributed by atoms with Gasteiger partial charge in [0.1, 0.15) is 5.82 Å². The molecule has 0 radical (unpaired) electrons. The highest BCUT2D eigenvalue weighted by atomic mass is 19.1. The first-order valence-corrected chi connectivity index (χ1v) is 9.20. The monoisotopic (exact) mass is 341 g/mol. The van der Waals surface area contributed by atoms with Crippen LogP contribution in [0.1, 0.15) is 49.4 Å². The summed E-state index contributed by atoms with van der Waals surface area (Å²) in [6.07, 6.45) is 7.82. The zero-order chi connectivity index (χ0) is 17.2. The molecule has 0 spiro atoms. The lowest BCUT2D eigenvalue weighted by Crippen LogP contribution is -2.50. The second-order valence-corrected chi connectivity index (χ2v) is 7.06. The molecule has 25 heavy (non-hydrogen) atoms. The van der Waals surface area contributed by atoms with Crippen LogP contribution in [0.2, 0.25) is 0 Å². The second kappa shape index (κ2) is 6.90. The third kappa shape index (κ3) is 3.28. The molecule has 2 aliphatic rings. The van der Waals surface area contributed by atoms with Gasteiger partial charge in [-0.3, -0.25) is 0 Å². The maximum absolute atomic E-state index is 13.4. The minimum absolute atomic E-state index is 0.00586. The third-order valence-electron chi connectivity index (χ3n) is 5.42. The lowest BCUT2D eigenvalue weighted by molar-refractivity contribution is 0.162. The molecule has 1 N–H and O–H groups in total. The molecule has 2 amide bonds. The third-order valence-corrected chi connectivity index (χ3v) is 5.42. The Kier molecular flexibility index (Phi) is 4.47. The van der Waals surface area contributed by atoms with Crippen LogP contribution in [0.4, 0.5) is 9.18 Å². The Hall–Kier alpha value is -2.30. The van der Waals surface area contributed by atoms with Crippen molar-refractivity contribution in [2.24, 2.45) is 0 Å². The average Bonchev–Trinajstić information content (AvgIpc) is 3.11. The van der Waals surface area contributed by atoms with E-state index in [0.717, 1.165) is 30.6 Å². The minimum Gasteiger partial charge on any atom is -0.348 e. The maximum atomic E-state index is 13.4. The van der Waals surface area contributed by atoms with E-state index in [0.29, 0.717) is 6.54 Å². The zero-order valence-electron chi connectivity index (χ0n) is 14.3. The van der Waals surface area contributed by atoms with E-state index in [1.165, 1.54) is 31.4 Å². The van der Waals surface area contributed by atoms with Crippen LogP contribution >= 0.6 is 0 Å². The number of rotatable bonds is 2. The van der Waals surface area contributed by atoms with Crippen molar-refractivity contribution in [3.8, 4) is 0 Å². The standard InChI is InChI=1S/C20H24FN3O/c21-16-10-8-15(9-11-16)19-18-7-4-12-23(18)13-14-24(19)20(25)22-17-5-2-1-3-6-17/h4,7-12,17,19H,1-3,5-6,13-14H2,(H,22,25)/t19-/m1/s1. The van der Waals surface area contributed by atoms with E-state index in [4.69, 9.17) is 0 Å². The van der Waals surface area contributed by atoms with Gasteiger partial charge in [-0.2, -0.15) is 0 Å². The van der Waals surface area contributed by atoms with Crippen LogP contribution < -0.4 is 5.32 Å². The van der Waals surface area contributed by atoms with Gasteiger partial charge in [-0.1, -0.05) is 31.4 Å². The van der Waals surface area contributed by atoms with Gasteiger partial charge < -0.3 is 14.8 Å². The fourth-order valence-corrected chi connectivity index (χ4v) is 4.10. The summed E-state index contributed by atoms with van der Waals surface area (Å²) in [6, 6.07) is 10.7. The predicted molar refractivity (Wildman–Crippen MR) is 94.8 cm³/mol. The number of nitrogens with one attached hydrogen (secondary N) is 1. The Morgan fingerprint density at radius 2 is 1.80 bits per heavy atom. The van der Waals surface area contributed by atoms with Gasteiger partial charge in [0, 0.05) is 31.0 Å². The molecule has 0 bridgehead atoms. The number of carbonyl (C=O) groups excluding carboxylic acids is 1. The summed E-state index contributed by atoms with van der Waals surface area (Å²) in [7, 11) is 0. The molecule has 1 aliphatic heterocycles. The number of benzene rings is 1. The Morgan fingerprint density at radius 1 is 1.04 bits per heavy atom. The van der Waals surface area contributed by atoms with Crippen LogP contribution in [0.25, 0.3) is 0 Å². The fourth-order valence-electron chi connectivity index (χ4n) is 4.10. The molecule has 2 heterocycles. The van der Waals surface area contributed by atoms with E-state index < -0.39 is 0 Å². The van der Waals surface area contributed by atoms with Crippen molar-refractivity contribution < 1.29 is 9.18 Å².